The van der Waals surface area contributed by atoms with Crippen molar-refractivity contribution in [3.8, 4) is 11.3 Å². The van der Waals surface area contributed by atoms with Crippen molar-refractivity contribution in [2.75, 3.05) is 44.6 Å². The number of nitrogens with zero attached hydrogens (tertiary/aromatic N) is 5. The highest BCUT2D eigenvalue weighted by molar-refractivity contribution is 5.96. The summed E-state index contributed by atoms with van der Waals surface area (Å²) in [5.41, 5.74) is 1.74. The van der Waals surface area contributed by atoms with Gasteiger partial charge in [-0.1, -0.05) is 6.92 Å². The van der Waals surface area contributed by atoms with Crippen LogP contribution in [0.4, 0.5) is 37.8 Å². The molecule has 3 aromatic heterocycles. The zero-order valence-corrected chi connectivity index (χ0v) is 25.6. The van der Waals surface area contributed by atoms with Crippen molar-refractivity contribution in [2.24, 2.45) is 11.8 Å². The Kier molecular flexibility index (Phi) is 10.2. The molecule has 1 amide bonds. The van der Waals surface area contributed by atoms with Gasteiger partial charge in [0.1, 0.15) is 5.69 Å². The molecule has 2 saturated heterocycles. The molecule has 6 rings (SSSR count). The molecule has 0 radical (unpaired) electrons. The van der Waals surface area contributed by atoms with E-state index in [2.05, 4.69) is 35.9 Å². The van der Waals surface area contributed by atoms with Gasteiger partial charge in [-0.3, -0.25) is 14.3 Å². The number of hydrogen-bond donors (Lipinski definition) is 5. The summed E-state index contributed by atoms with van der Waals surface area (Å²) in [4.78, 5) is 33.2. The smallest absolute Gasteiger partial charge is 0.475 e. The molecule has 5 heterocycles. The quantitative estimate of drug-likeness (QED) is 0.163. The predicted octanol–water partition coefficient (Wildman–Crippen LogP) is 4.35. The number of aryl methyl sites for hydroxylation is 1. The maximum absolute atomic E-state index is 13.4. The number of carbonyl (C=O) groups excluding carboxylic acids is 1. The number of aromatic amines is 1. The molecule has 2 fully saturated rings. The molecular weight excluding hydrogens is 648 g/mol. The molecule has 1 aromatic carbocycles. The molecule has 5 N–H and O–H groups in total. The van der Waals surface area contributed by atoms with Gasteiger partial charge < -0.3 is 26.0 Å². The van der Waals surface area contributed by atoms with E-state index in [9.17, 15) is 31.1 Å². The van der Waals surface area contributed by atoms with E-state index in [4.69, 9.17) is 9.90 Å². The van der Waals surface area contributed by atoms with Gasteiger partial charge in [-0.05, 0) is 55.0 Å². The number of aliphatic carboxylic acids is 1. The SMILES string of the molecule is CCc1cc(Nc2nccn3c(-c4cn[nH]c4C(F)(F)F)cnc23)ccc1C(=O)NCC1CCN(CC2CNC2)C1.O=C(O)C(F)(F)F. The number of nitrogens with one attached hydrogen (secondary N) is 4. The van der Waals surface area contributed by atoms with Gasteiger partial charge >= 0.3 is 18.3 Å². The average Bonchev–Trinajstić information content (AvgIpc) is 3.77. The Morgan fingerprint density at radius 1 is 1.08 bits per heavy atom. The number of likely N-dealkylation sites (tertiary alicyclic amines) is 1. The highest BCUT2D eigenvalue weighted by atomic mass is 19.4. The fourth-order valence-corrected chi connectivity index (χ4v) is 5.65. The summed E-state index contributed by atoms with van der Waals surface area (Å²) in [5, 5.41) is 22.4. The lowest BCUT2D eigenvalue weighted by molar-refractivity contribution is -0.192. The van der Waals surface area contributed by atoms with Crippen molar-refractivity contribution in [2.45, 2.75) is 32.1 Å². The zero-order valence-electron chi connectivity index (χ0n) is 25.6. The van der Waals surface area contributed by atoms with E-state index in [1.165, 1.54) is 16.8 Å². The molecular formula is C30H33F6N9O3. The molecule has 2 aliphatic rings. The van der Waals surface area contributed by atoms with E-state index < -0.39 is 24.0 Å². The minimum Gasteiger partial charge on any atom is -0.475 e. The number of anilines is 2. The van der Waals surface area contributed by atoms with Crippen molar-refractivity contribution in [3.05, 3.63) is 59.8 Å². The summed E-state index contributed by atoms with van der Waals surface area (Å²) in [6.45, 7) is 8.09. The third-order valence-electron chi connectivity index (χ3n) is 8.17. The van der Waals surface area contributed by atoms with Gasteiger partial charge in [-0.25, -0.2) is 14.8 Å². The van der Waals surface area contributed by atoms with Crippen molar-refractivity contribution in [1.29, 1.82) is 0 Å². The van der Waals surface area contributed by atoms with Crippen LogP contribution in [0, 0.1) is 11.8 Å². The Morgan fingerprint density at radius 2 is 1.83 bits per heavy atom. The van der Waals surface area contributed by atoms with E-state index >= 15 is 0 Å². The molecule has 0 bridgehead atoms. The number of benzene rings is 1. The van der Waals surface area contributed by atoms with Gasteiger partial charge in [-0.15, -0.1) is 0 Å². The summed E-state index contributed by atoms with van der Waals surface area (Å²) in [6, 6.07) is 5.48. The second-order valence-electron chi connectivity index (χ2n) is 11.6. The second-order valence-corrected chi connectivity index (χ2v) is 11.6. The maximum Gasteiger partial charge on any atom is 0.490 e. The van der Waals surface area contributed by atoms with Crippen LogP contribution >= 0.6 is 0 Å². The molecule has 0 aliphatic carbocycles. The maximum atomic E-state index is 13.4. The normalized spacial score (nSPS) is 17.1. The molecule has 4 aromatic rings. The molecule has 18 heteroatoms. The third kappa shape index (κ3) is 8.04. The Morgan fingerprint density at radius 3 is 2.48 bits per heavy atom. The molecule has 1 unspecified atom stereocenters. The number of amides is 1. The van der Waals surface area contributed by atoms with Crippen LogP contribution in [0.2, 0.25) is 0 Å². The van der Waals surface area contributed by atoms with E-state index in [0.717, 1.165) is 56.8 Å². The first-order valence-corrected chi connectivity index (χ1v) is 15.1. The number of carboxylic acids is 1. The van der Waals surface area contributed by atoms with Crippen LogP contribution < -0.4 is 16.0 Å². The fourth-order valence-electron chi connectivity index (χ4n) is 5.65. The monoisotopic (exact) mass is 681 g/mol. The topological polar surface area (TPSA) is 153 Å². The van der Waals surface area contributed by atoms with E-state index in [0.29, 0.717) is 41.6 Å². The Labute approximate surface area is 269 Å². The second kappa shape index (κ2) is 14.2. The van der Waals surface area contributed by atoms with Crippen molar-refractivity contribution < 1.29 is 41.0 Å². The molecule has 12 nitrogen and oxygen atoms in total. The predicted molar refractivity (Wildman–Crippen MR) is 162 cm³/mol. The van der Waals surface area contributed by atoms with Crippen LogP contribution in [-0.2, 0) is 17.4 Å². The first-order valence-electron chi connectivity index (χ1n) is 15.1. The van der Waals surface area contributed by atoms with Crippen LogP contribution in [0.15, 0.2) is 43.0 Å². The number of fused-ring (bicyclic) bond motifs is 1. The number of H-pyrrole nitrogens is 1. The summed E-state index contributed by atoms with van der Waals surface area (Å²) < 4.78 is 73.6. The number of carbonyl (C=O) groups is 2. The summed E-state index contributed by atoms with van der Waals surface area (Å²) >= 11 is 0. The van der Waals surface area contributed by atoms with Gasteiger partial charge in [0, 0.05) is 56.4 Å². The number of halogens is 6. The van der Waals surface area contributed by atoms with Crippen LogP contribution in [0.3, 0.4) is 0 Å². The standard InChI is InChI=1S/C28H32F3N9O.C2HF3O2/c1-2-19-9-20(3-4-21(19)27(41)35-12-17-5-7-39(15-17)16-18-10-32-11-18)37-25-26-34-14-23(40(26)8-6-33-25)22-13-36-38-24(22)28(29,30)31;3-2(4,5)1(6)7/h3-4,6,8-9,13-14,17-18,32H,2,5,7,10-12,15-16H2,1H3,(H,33,37)(H,35,41)(H,36,38);(H,6,7). The van der Waals surface area contributed by atoms with Crippen LogP contribution in [0.25, 0.3) is 16.9 Å². The van der Waals surface area contributed by atoms with E-state index in [1.807, 2.05) is 18.1 Å². The fraction of sp³-hybridized carbons (Fsp3) is 0.433. The number of aromatic nitrogens is 5. The Balaban J connectivity index is 0.000000582. The molecule has 48 heavy (non-hydrogen) atoms. The third-order valence-corrected chi connectivity index (χ3v) is 8.17. The molecule has 2 aliphatic heterocycles. The lowest BCUT2D eigenvalue weighted by Crippen LogP contribution is -2.48. The Hall–Kier alpha value is -4.71. The Bertz CT molecular complexity index is 1750. The summed E-state index contributed by atoms with van der Waals surface area (Å²) in [5.74, 6) is -1.27. The lowest BCUT2D eigenvalue weighted by atomic mass is 10.0. The van der Waals surface area contributed by atoms with Crippen LogP contribution in [-0.4, -0.2) is 91.9 Å². The average molecular weight is 682 g/mol. The molecule has 0 saturated carbocycles. The van der Waals surface area contributed by atoms with Crippen molar-refractivity contribution in [3.63, 3.8) is 0 Å². The largest absolute Gasteiger partial charge is 0.490 e. The van der Waals surface area contributed by atoms with E-state index in [1.54, 1.807) is 18.3 Å². The minimum absolute atomic E-state index is 0.0891. The molecule has 1 atom stereocenters. The van der Waals surface area contributed by atoms with Gasteiger partial charge in [0.05, 0.1) is 23.7 Å². The van der Waals surface area contributed by atoms with Gasteiger partial charge in [-0.2, -0.15) is 31.4 Å². The number of imidazole rings is 1. The van der Waals surface area contributed by atoms with Gasteiger partial charge in [0.25, 0.3) is 5.91 Å². The zero-order chi connectivity index (χ0) is 34.6. The molecule has 258 valence electrons. The molecule has 0 spiro atoms. The number of carboxylic acid groups (broad SMARTS) is 1. The number of hydrogen-bond acceptors (Lipinski definition) is 8. The highest BCUT2D eigenvalue weighted by Crippen LogP contribution is 2.36. The minimum atomic E-state index is -5.08. The van der Waals surface area contributed by atoms with Crippen LogP contribution in [0.1, 0.15) is 35.0 Å². The van der Waals surface area contributed by atoms with Gasteiger partial charge in [0.2, 0.25) is 0 Å². The van der Waals surface area contributed by atoms with E-state index in [-0.39, 0.29) is 17.2 Å². The summed E-state index contributed by atoms with van der Waals surface area (Å²) in [6.07, 6.45) is -2.39. The highest BCUT2D eigenvalue weighted by Gasteiger charge is 2.38. The number of rotatable bonds is 9. The van der Waals surface area contributed by atoms with Crippen molar-refractivity contribution in [1.82, 2.24) is 40.1 Å². The summed E-state index contributed by atoms with van der Waals surface area (Å²) in [7, 11) is 0. The van der Waals surface area contributed by atoms with Gasteiger partial charge in [0.15, 0.2) is 11.5 Å². The first kappa shape index (κ1) is 34.6. The lowest BCUT2D eigenvalue weighted by Gasteiger charge is -2.31. The van der Waals surface area contributed by atoms with Crippen LogP contribution in [0.5, 0.6) is 0 Å². The van der Waals surface area contributed by atoms with Crippen molar-refractivity contribution >= 4 is 29.0 Å². The number of alkyl halides is 6. The first-order chi connectivity index (χ1) is 22.7.